The van der Waals surface area contributed by atoms with E-state index in [1.807, 2.05) is 0 Å². The maximum Gasteiger partial charge on any atom is 0.348 e. The summed E-state index contributed by atoms with van der Waals surface area (Å²) in [4.78, 5) is 15.4. The second kappa shape index (κ2) is 4.20. The highest BCUT2D eigenvalue weighted by molar-refractivity contribution is 5.48. The molecule has 0 unspecified atom stereocenters. The zero-order chi connectivity index (χ0) is 11.7. The molecule has 0 spiro atoms. The van der Waals surface area contributed by atoms with Crippen LogP contribution >= 0.6 is 0 Å². The molecule has 90 valence electrons. The molecule has 1 aliphatic carbocycles. The quantitative estimate of drug-likeness (QED) is 0.830. The van der Waals surface area contributed by atoms with Crippen LogP contribution in [0.4, 0.5) is 5.82 Å². The highest BCUT2D eigenvalue weighted by Crippen LogP contribution is 2.24. The van der Waals surface area contributed by atoms with Gasteiger partial charge in [-0.2, -0.15) is 5.10 Å². The number of aromatic nitrogens is 4. The van der Waals surface area contributed by atoms with Crippen LogP contribution in [-0.2, 0) is 0 Å². The third-order valence-electron chi connectivity index (χ3n) is 3.36. The van der Waals surface area contributed by atoms with Gasteiger partial charge in [-0.25, -0.2) is 19.3 Å². The Morgan fingerprint density at radius 2 is 2.29 bits per heavy atom. The topological polar surface area (TPSA) is 75.1 Å². The smallest absolute Gasteiger partial charge is 0.348 e. The van der Waals surface area contributed by atoms with Crippen molar-refractivity contribution in [2.75, 3.05) is 11.9 Å². The van der Waals surface area contributed by atoms with E-state index < -0.39 is 0 Å². The molecule has 1 fully saturated rings. The Bertz CT molecular complexity index is 566. The van der Waals surface area contributed by atoms with E-state index in [9.17, 15) is 4.79 Å². The molecule has 1 saturated carbocycles. The fourth-order valence-electron chi connectivity index (χ4n) is 2.37. The normalized spacial score (nSPS) is 16.7. The van der Waals surface area contributed by atoms with Crippen molar-refractivity contribution in [2.45, 2.75) is 25.7 Å². The summed E-state index contributed by atoms with van der Waals surface area (Å²) in [5, 5.41) is 9.60. The van der Waals surface area contributed by atoms with Gasteiger partial charge in [0.25, 0.3) is 0 Å². The summed E-state index contributed by atoms with van der Waals surface area (Å²) in [5.74, 6) is 1.54. The minimum Gasteiger partial charge on any atom is -0.370 e. The second-order valence-corrected chi connectivity index (χ2v) is 4.56. The Kier molecular flexibility index (Phi) is 2.55. The van der Waals surface area contributed by atoms with Gasteiger partial charge in [0.2, 0.25) is 0 Å². The number of hydrogen-bond acceptors (Lipinski definition) is 4. The number of rotatable bonds is 3. The van der Waals surface area contributed by atoms with Gasteiger partial charge in [0, 0.05) is 12.6 Å². The third kappa shape index (κ3) is 2.02. The number of aromatic amines is 1. The van der Waals surface area contributed by atoms with Gasteiger partial charge in [0.15, 0.2) is 5.65 Å². The van der Waals surface area contributed by atoms with E-state index >= 15 is 0 Å². The first-order chi connectivity index (χ1) is 8.33. The predicted molar refractivity (Wildman–Crippen MR) is 64.1 cm³/mol. The molecule has 0 radical (unpaired) electrons. The van der Waals surface area contributed by atoms with Crippen LogP contribution in [-0.4, -0.2) is 26.1 Å². The lowest BCUT2D eigenvalue weighted by Gasteiger charge is -2.10. The lowest BCUT2D eigenvalue weighted by molar-refractivity contribution is 0.579. The van der Waals surface area contributed by atoms with Crippen molar-refractivity contribution in [1.82, 2.24) is 19.6 Å². The molecular formula is C11H15N5O. The molecule has 0 aliphatic heterocycles. The first-order valence-corrected chi connectivity index (χ1v) is 5.99. The minimum absolute atomic E-state index is 0.255. The van der Waals surface area contributed by atoms with Gasteiger partial charge < -0.3 is 5.32 Å². The van der Waals surface area contributed by atoms with Crippen LogP contribution < -0.4 is 11.0 Å². The molecule has 0 aromatic carbocycles. The van der Waals surface area contributed by atoms with E-state index in [0.717, 1.165) is 18.3 Å². The van der Waals surface area contributed by atoms with Crippen molar-refractivity contribution >= 4 is 11.5 Å². The fraction of sp³-hybridized carbons (Fsp3) is 0.545. The van der Waals surface area contributed by atoms with E-state index in [1.165, 1.54) is 36.4 Å². The van der Waals surface area contributed by atoms with E-state index in [4.69, 9.17) is 0 Å². The van der Waals surface area contributed by atoms with Crippen molar-refractivity contribution in [3.05, 3.63) is 22.9 Å². The zero-order valence-electron chi connectivity index (χ0n) is 9.52. The minimum atomic E-state index is -0.255. The highest BCUT2D eigenvalue weighted by Gasteiger charge is 2.14. The van der Waals surface area contributed by atoms with Crippen LogP contribution in [0.5, 0.6) is 0 Å². The van der Waals surface area contributed by atoms with Gasteiger partial charge in [-0.15, -0.1) is 0 Å². The van der Waals surface area contributed by atoms with Crippen LogP contribution in [0, 0.1) is 5.92 Å². The Morgan fingerprint density at radius 1 is 1.47 bits per heavy atom. The summed E-state index contributed by atoms with van der Waals surface area (Å²) in [7, 11) is 0. The number of anilines is 1. The van der Waals surface area contributed by atoms with Crippen molar-refractivity contribution in [3.63, 3.8) is 0 Å². The lowest BCUT2D eigenvalue weighted by atomic mass is 10.1. The average molecular weight is 233 g/mol. The maximum atomic E-state index is 11.2. The molecule has 3 rings (SSSR count). The average Bonchev–Trinajstić information content (AvgIpc) is 2.97. The largest absolute Gasteiger partial charge is 0.370 e. The SMILES string of the molecule is O=c1[nH]nc2cc(NCC3CCCC3)ncn12. The van der Waals surface area contributed by atoms with Crippen molar-refractivity contribution in [3.8, 4) is 0 Å². The molecule has 0 saturated heterocycles. The second-order valence-electron chi connectivity index (χ2n) is 4.56. The molecule has 2 heterocycles. The maximum absolute atomic E-state index is 11.2. The van der Waals surface area contributed by atoms with Gasteiger partial charge >= 0.3 is 5.69 Å². The van der Waals surface area contributed by atoms with Gasteiger partial charge in [0.05, 0.1) is 0 Å². The molecule has 2 aromatic rings. The molecule has 0 atom stereocenters. The Labute approximate surface area is 98.1 Å². The van der Waals surface area contributed by atoms with E-state index in [0.29, 0.717) is 5.65 Å². The fourth-order valence-corrected chi connectivity index (χ4v) is 2.37. The van der Waals surface area contributed by atoms with Crippen LogP contribution in [0.25, 0.3) is 5.65 Å². The Balaban J connectivity index is 1.74. The summed E-state index contributed by atoms with van der Waals surface area (Å²) >= 11 is 0. The van der Waals surface area contributed by atoms with Gasteiger partial charge in [-0.05, 0) is 18.8 Å². The molecular weight excluding hydrogens is 218 g/mol. The first kappa shape index (κ1) is 10.3. The number of fused-ring (bicyclic) bond motifs is 1. The summed E-state index contributed by atoms with van der Waals surface area (Å²) in [6, 6.07) is 1.78. The van der Waals surface area contributed by atoms with Crippen molar-refractivity contribution in [1.29, 1.82) is 0 Å². The van der Waals surface area contributed by atoms with Gasteiger partial charge in [-0.3, -0.25) is 0 Å². The first-order valence-electron chi connectivity index (χ1n) is 5.99. The Morgan fingerprint density at radius 3 is 3.12 bits per heavy atom. The molecule has 6 heteroatoms. The molecule has 1 aliphatic rings. The molecule has 6 nitrogen and oxygen atoms in total. The van der Waals surface area contributed by atoms with E-state index in [-0.39, 0.29) is 5.69 Å². The number of H-pyrrole nitrogens is 1. The summed E-state index contributed by atoms with van der Waals surface area (Å²) < 4.78 is 1.39. The molecule has 0 bridgehead atoms. The van der Waals surface area contributed by atoms with E-state index in [2.05, 4.69) is 20.5 Å². The standard InChI is InChI=1S/C11H15N5O/c17-11-15-14-10-5-9(13-7-16(10)11)12-6-8-3-1-2-4-8/h5,7-8,12H,1-4,6H2,(H,15,17). The predicted octanol–water partition coefficient (Wildman–Crippen LogP) is 1.02. The van der Waals surface area contributed by atoms with Crippen molar-refractivity contribution in [2.24, 2.45) is 5.92 Å². The summed E-state index contributed by atoms with van der Waals surface area (Å²) in [5.41, 5.74) is 0.341. The van der Waals surface area contributed by atoms with Gasteiger partial charge in [-0.1, -0.05) is 12.8 Å². The third-order valence-corrected chi connectivity index (χ3v) is 3.36. The van der Waals surface area contributed by atoms with Crippen LogP contribution in [0.1, 0.15) is 25.7 Å². The number of hydrogen-bond donors (Lipinski definition) is 2. The van der Waals surface area contributed by atoms with Crippen LogP contribution in [0.3, 0.4) is 0 Å². The van der Waals surface area contributed by atoms with Gasteiger partial charge in [0.1, 0.15) is 12.1 Å². The monoisotopic (exact) mass is 233 g/mol. The molecule has 0 amide bonds. The molecule has 17 heavy (non-hydrogen) atoms. The number of nitrogens with one attached hydrogen (secondary N) is 2. The Hall–Kier alpha value is -1.85. The zero-order valence-corrected chi connectivity index (χ0v) is 9.52. The highest BCUT2D eigenvalue weighted by atomic mass is 16.1. The number of nitrogens with zero attached hydrogens (tertiary/aromatic N) is 3. The van der Waals surface area contributed by atoms with Crippen LogP contribution in [0.15, 0.2) is 17.2 Å². The lowest BCUT2D eigenvalue weighted by Crippen LogP contribution is -2.13. The van der Waals surface area contributed by atoms with E-state index in [1.54, 1.807) is 6.07 Å². The summed E-state index contributed by atoms with van der Waals surface area (Å²) in [6.45, 7) is 0.956. The van der Waals surface area contributed by atoms with Crippen molar-refractivity contribution < 1.29 is 0 Å². The molecule has 2 aromatic heterocycles. The molecule has 2 N–H and O–H groups in total. The van der Waals surface area contributed by atoms with Crippen LogP contribution in [0.2, 0.25) is 0 Å². The summed E-state index contributed by atoms with van der Waals surface area (Å²) in [6.07, 6.45) is 6.79.